The molecule has 0 radical (unpaired) electrons. The number of anilines is 1. The summed E-state index contributed by atoms with van der Waals surface area (Å²) < 4.78 is 10.4. The SMILES string of the molecule is COc1ccc(C)cc1N(CC(=O)NCc1ccco1)C(C)=O. The highest BCUT2D eigenvalue weighted by molar-refractivity contribution is 5.98. The second-order valence-corrected chi connectivity index (χ2v) is 5.14. The number of carbonyl (C=O) groups is 2. The average molecular weight is 316 g/mol. The van der Waals surface area contributed by atoms with Gasteiger partial charge < -0.3 is 14.5 Å². The number of hydrogen-bond acceptors (Lipinski definition) is 4. The summed E-state index contributed by atoms with van der Waals surface area (Å²) in [5, 5.41) is 2.72. The number of ether oxygens (including phenoxy) is 1. The number of nitrogens with zero attached hydrogens (tertiary/aromatic N) is 1. The molecule has 0 saturated heterocycles. The van der Waals surface area contributed by atoms with Crippen molar-refractivity contribution in [3.05, 3.63) is 47.9 Å². The number of furan rings is 1. The van der Waals surface area contributed by atoms with Crippen LogP contribution in [-0.2, 0) is 16.1 Å². The maximum absolute atomic E-state index is 12.1. The number of benzene rings is 1. The molecule has 2 aromatic rings. The Morgan fingerprint density at radius 1 is 1.30 bits per heavy atom. The van der Waals surface area contributed by atoms with Gasteiger partial charge in [0.1, 0.15) is 18.1 Å². The summed E-state index contributed by atoms with van der Waals surface area (Å²) >= 11 is 0. The predicted octanol–water partition coefficient (Wildman–Crippen LogP) is 2.27. The van der Waals surface area contributed by atoms with Gasteiger partial charge >= 0.3 is 0 Å². The first-order valence-corrected chi connectivity index (χ1v) is 7.23. The molecule has 0 aliphatic rings. The monoisotopic (exact) mass is 316 g/mol. The van der Waals surface area contributed by atoms with Crippen LogP contribution in [0.15, 0.2) is 41.0 Å². The second-order valence-electron chi connectivity index (χ2n) is 5.14. The Bertz CT molecular complexity index is 680. The molecule has 0 fully saturated rings. The van der Waals surface area contributed by atoms with Crippen LogP contribution in [0.1, 0.15) is 18.2 Å². The smallest absolute Gasteiger partial charge is 0.240 e. The first-order valence-electron chi connectivity index (χ1n) is 7.23. The maximum atomic E-state index is 12.1. The maximum Gasteiger partial charge on any atom is 0.240 e. The van der Waals surface area contributed by atoms with E-state index in [-0.39, 0.29) is 24.9 Å². The lowest BCUT2D eigenvalue weighted by Crippen LogP contribution is -2.39. The van der Waals surface area contributed by atoms with Crippen molar-refractivity contribution < 1.29 is 18.7 Å². The van der Waals surface area contributed by atoms with Crippen LogP contribution in [0.5, 0.6) is 5.75 Å². The molecule has 0 unspecified atom stereocenters. The zero-order valence-electron chi connectivity index (χ0n) is 13.5. The molecule has 6 heteroatoms. The third kappa shape index (κ3) is 4.35. The van der Waals surface area contributed by atoms with E-state index < -0.39 is 0 Å². The highest BCUT2D eigenvalue weighted by atomic mass is 16.5. The number of aryl methyl sites for hydroxylation is 1. The lowest BCUT2D eigenvalue weighted by molar-refractivity contribution is -0.123. The van der Waals surface area contributed by atoms with E-state index in [4.69, 9.17) is 9.15 Å². The minimum atomic E-state index is -0.278. The first kappa shape index (κ1) is 16.6. The van der Waals surface area contributed by atoms with Crippen molar-refractivity contribution in [2.75, 3.05) is 18.6 Å². The normalized spacial score (nSPS) is 10.2. The fourth-order valence-electron chi connectivity index (χ4n) is 2.18. The van der Waals surface area contributed by atoms with E-state index in [0.717, 1.165) is 5.56 Å². The molecule has 0 saturated carbocycles. The molecule has 0 atom stereocenters. The topological polar surface area (TPSA) is 71.8 Å². The van der Waals surface area contributed by atoms with Gasteiger partial charge in [-0.15, -0.1) is 0 Å². The fourth-order valence-corrected chi connectivity index (χ4v) is 2.18. The van der Waals surface area contributed by atoms with Crippen LogP contribution in [0.3, 0.4) is 0 Å². The van der Waals surface area contributed by atoms with E-state index in [2.05, 4.69) is 5.32 Å². The third-order valence-corrected chi connectivity index (χ3v) is 3.35. The van der Waals surface area contributed by atoms with Gasteiger partial charge in [-0.1, -0.05) is 6.07 Å². The molecule has 0 spiro atoms. The Balaban J connectivity index is 2.11. The fraction of sp³-hybridized carbons (Fsp3) is 0.294. The zero-order chi connectivity index (χ0) is 16.8. The highest BCUT2D eigenvalue weighted by Crippen LogP contribution is 2.29. The summed E-state index contributed by atoms with van der Waals surface area (Å²) in [5.74, 6) is 0.688. The van der Waals surface area contributed by atoms with Gasteiger partial charge in [-0.05, 0) is 36.8 Å². The third-order valence-electron chi connectivity index (χ3n) is 3.35. The van der Waals surface area contributed by atoms with Crippen molar-refractivity contribution in [2.24, 2.45) is 0 Å². The summed E-state index contributed by atoms with van der Waals surface area (Å²) in [4.78, 5) is 25.5. The van der Waals surface area contributed by atoms with Crippen LogP contribution >= 0.6 is 0 Å². The van der Waals surface area contributed by atoms with Gasteiger partial charge in [0.05, 0.1) is 25.6 Å². The highest BCUT2D eigenvalue weighted by Gasteiger charge is 2.19. The predicted molar refractivity (Wildman–Crippen MR) is 86.3 cm³/mol. The van der Waals surface area contributed by atoms with E-state index in [0.29, 0.717) is 17.2 Å². The summed E-state index contributed by atoms with van der Waals surface area (Å²) in [7, 11) is 1.53. The molecule has 122 valence electrons. The van der Waals surface area contributed by atoms with Crippen molar-refractivity contribution >= 4 is 17.5 Å². The lowest BCUT2D eigenvalue weighted by atomic mass is 10.2. The van der Waals surface area contributed by atoms with Gasteiger partial charge in [0.25, 0.3) is 0 Å². The molecule has 1 heterocycles. The van der Waals surface area contributed by atoms with E-state index >= 15 is 0 Å². The number of hydrogen-bond donors (Lipinski definition) is 1. The van der Waals surface area contributed by atoms with Crippen LogP contribution in [0, 0.1) is 6.92 Å². The second kappa shape index (κ2) is 7.49. The number of rotatable bonds is 6. The molecule has 0 aliphatic heterocycles. The quantitative estimate of drug-likeness (QED) is 0.887. The molecule has 1 aromatic heterocycles. The van der Waals surface area contributed by atoms with Gasteiger partial charge in [0.2, 0.25) is 11.8 Å². The van der Waals surface area contributed by atoms with E-state index in [1.807, 2.05) is 19.1 Å². The van der Waals surface area contributed by atoms with Crippen molar-refractivity contribution in [1.82, 2.24) is 5.32 Å². The Hall–Kier alpha value is -2.76. The molecule has 1 N–H and O–H groups in total. The van der Waals surface area contributed by atoms with E-state index in [1.54, 1.807) is 24.5 Å². The summed E-state index contributed by atoms with van der Waals surface area (Å²) in [6.45, 7) is 3.53. The molecule has 1 aromatic carbocycles. The Kier molecular flexibility index (Phi) is 5.41. The molecule has 0 bridgehead atoms. The van der Waals surface area contributed by atoms with Crippen molar-refractivity contribution in [3.63, 3.8) is 0 Å². The zero-order valence-corrected chi connectivity index (χ0v) is 13.5. The lowest BCUT2D eigenvalue weighted by Gasteiger charge is -2.23. The molecular formula is C17H20N2O4. The Labute approximate surface area is 135 Å². The molecule has 2 rings (SSSR count). The van der Waals surface area contributed by atoms with Crippen molar-refractivity contribution in [3.8, 4) is 5.75 Å². The van der Waals surface area contributed by atoms with Crippen LogP contribution in [-0.4, -0.2) is 25.5 Å². The van der Waals surface area contributed by atoms with Gasteiger partial charge in [-0.3, -0.25) is 14.5 Å². The average Bonchev–Trinajstić information content (AvgIpc) is 3.03. The first-order chi connectivity index (χ1) is 11.0. The van der Waals surface area contributed by atoms with Gasteiger partial charge in [-0.25, -0.2) is 0 Å². The largest absolute Gasteiger partial charge is 0.495 e. The van der Waals surface area contributed by atoms with Crippen LogP contribution in [0.4, 0.5) is 5.69 Å². The minimum Gasteiger partial charge on any atom is -0.495 e. The molecule has 0 aliphatic carbocycles. The Morgan fingerprint density at radius 3 is 2.70 bits per heavy atom. The van der Waals surface area contributed by atoms with Crippen molar-refractivity contribution in [1.29, 1.82) is 0 Å². The van der Waals surface area contributed by atoms with E-state index in [1.165, 1.54) is 18.9 Å². The molecule has 23 heavy (non-hydrogen) atoms. The summed E-state index contributed by atoms with van der Waals surface area (Å²) in [6.07, 6.45) is 1.54. The molecule has 6 nitrogen and oxygen atoms in total. The van der Waals surface area contributed by atoms with Crippen LogP contribution in [0.25, 0.3) is 0 Å². The van der Waals surface area contributed by atoms with Crippen molar-refractivity contribution in [2.45, 2.75) is 20.4 Å². The number of nitrogens with one attached hydrogen (secondary N) is 1. The number of amides is 2. The molecular weight excluding hydrogens is 296 g/mol. The van der Waals surface area contributed by atoms with Crippen LogP contribution < -0.4 is 15.0 Å². The summed E-state index contributed by atoms with van der Waals surface area (Å²) in [6, 6.07) is 9.01. The van der Waals surface area contributed by atoms with E-state index in [9.17, 15) is 9.59 Å². The number of carbonyl (C=O) groups excluding carboxylic acids is 2. The van der Waals surface area contributed by atoms with Gasteiger partial charge in [0, 0.05) is 6.92 Å². The number of methoxy groups -OCH3 is 1. The minimum absolute atomic E-state index is 0.0874. The Morgan fingerprint density at radius 2 is 2.09 bits per heavy atom. The van der Waals surface area contributed by atoms with Crippen LogP contribution in [0.2, 0.25) is 0 Å². The van der Waals surface area contributed by atoms with Gasteiger partial charge in [0.15, 0.2) is 0 Å². The molecule has 2 amide bonds. The summed E-state index contributed by atoms with van der Waals surface area (Å²) in [5.41, 5.74) is 1.55. The van der Waals surface area contributed by atoms with Gasteiger partial charge in [-0.2, -0.15) is 0 Å². The standard InChI is InChI=1S/C17H20N2O4/c1-12-6-7-16(22-3)15(9-12)19(13(2)20)11-17(21)18-10-14-5-4-8-23-14/h4-9H,10-11H2,1-3H3,(H,18,21).